The number of rotatable bonds is 2. The summed E-state index contributed by atoms with van der Waals surface area (Å²) in [6, 6.07) is 0. The molecule has 2 aromatic rings. The van der Waals surface area contributed by atoms with Crippen molar-refractivity contribution in [3.05, 3.63) is 37.2 Å². The molecule has 2 rings (SSSR count). The maximum Gasteiger partial charge on any atom is 0.147 e. The Kier molecular flexibility index (Phi) is 4.28. The van der Waals surface area contributed by atoms with Crippen LogP contribution >= 0.6 is 38.9 Å². The first kappa shape index (κ1) is 14.9. The molecule has 19 heavy (non-hydrogen) atoms. The first-order valence-electron chi connectivity index (χ1n) is 5.91. The SMILES string of the molecule is Cc1nc(Cc2nc(Cl)c(Br)c(C(C)(C)C)n2)cs1. The second-order valence-corrected chi connectivity index (χ2v) is 7.59. The molecule has 0 fully saturated rings. The van der Waals surface area contributed by atoms with Crippen LogP contribution in [0.15, 0.2) is 9.85 Å². The van der Waals surface area contributed by atoms with Gasteiger partial charge in [0.05, 0.1) is 27.3 Å². The summed E-state index contributed by atoms with van der Waals surface area (Å²) in [5.41, 5.74) is 1.83. The third-order valence-corrected chi connectivity index (χ3v) is 4.65. The summed E-state index contributed by atoms with van der Waals surface area (Å²) in [5, 5.41) is 3.54. The molecule has 0 atom stereocenters. The largest absolute Gasteiger partial charge is 0.246 e. The van der Waals surface area contributed by atoms with Crippen LogP contribution < -0.4 is 0 Å². The first-order valence-corrected chi connectivity index (χ1v) is 7.96. The van der Waals surface area contributed by atoms with Gasteiger partial charge < -0.3 is 0 Å². The summed E-state index contributed by atoms with van der Waals surface area (Å²) >= 11 is 11.3. The molecule has 0 aliphatic heterocycles. The van der Waals surface area contributed by atoms with Gasteiger partial charge in [0.2, 0.25) is 0 Å². The molecule has 0 radical (unpaired) electrons. The van der Waals surface area contributed by atoms with E-state index in [4.69, 9.17) is 11.6 Å². The Labute approximate surface area is 130 Å². The maximum atomic E-state index is 6.18. The lowest BCUT2D eigenvalue weighted by molar-refractivity contribution is 0.559. The summed E-state index contributed by atoms with van der Waals surface area (Å²) < 4.78 is 0.778. The average molecular weight is 361 g/mol. The smallest absolute Gasteiger partial charge is 0.147 e. The van der Waals surface area contributed by atoms with Gasteiger partial charge in [-0.2, -0.15) is 0 Å². The van der Waals surface area contributed by atoms with E-state index >= 15 is 0 Å². The zero-order valence-corrected chi connectivity index (χ0v) is 14.4. The van der Waals surface area contributed by atoms with Gasteiger partial charge in [-0.25, -0.2) is 15.0 Å². The molecule has 0 spiro atoms. The number of aryl methyl sites for hydroxylation is 1. The highest BCUT2D eigenvalue weighted by molar-refractivity contribution is 9.10. The summed E-state index contributed by atoms with van der Waals surface area (Å²) in [6.45, 7) is 8.30. The molecule has 2 aromatic heterocycles. The monoisotopic (exact) mass is 359 g/mol. The third-order valence-electron chi connectivity index (χ3n) is 2.57. The third kappa shape index (κ3) is 3.52. The van der Waals surface area contributed by atoms with Crippen LogP contribution in [0.3, 0.4) is 0 Å². The van der Waals surface area contributed by atoms with Gasteiger partial charge in [-0.1, -0.05) is 32.4 Å². The van der Waals surface area contributed by atoms with Crippen LogP contribution in [0.1, 0.15) is 43.0 Å². The summed E-state index contributed by atoms with van der Waals surface area (Å²) in [5.74, 6) is 0.712. The fourth-order valence-corrected chi connectivity index (χ4v) is 3.26. The second-order valence-electron chi connectivity index (χ2n) is 5.38. The highest BCUT2D eigenvalue weighted by atomic mass is 79.9. The molecule has 0 saturated heterocycles. The van der Waals surface area contributed by atoms with Crippen LogP contribution in [-0.2, 0) is 11.8 Å². The molecule has 3 nitrogen and oxygen atoms in total. The first-order chi connectivity index (χ1) is 8.77. The van der Waals surface area contributed by atoms with Crippen molar-refractivity contribution in [1.29, 1.82) is 0 Å². The number of halogens is 2. The van der Waals surface area contributed by atoms with Crippen molar-refractivity contribution in [2.75, 3.05) is 0 Å². The number of hydrogen-bond donors (Lipinski definition) is 0. The van der Waals surface area contributed by atoms with Crippen molar-refractivity contribution in [2.24, 2.45) is 0 Å². The van der Waals surface area contributed by atoms with Crippen LogP contribution in [0, 0.1) is 6.92 Å². The molecule has 0 aliphatic rings. The minimum Gasteiger partial charge on any atom is -0.246 e. The van der Waals surface area contributed by atoms with E-state index in [1.165, 1.54) is 0 Å². The molecule has 0 bridgehead atoms. The van der Waals surface area contributed by atoms with Gasteiger partial charge >= 0.3 is 0 Å². The van der Waals surface area contributed by atoms with Crippen molar-refractivity contribution in [2.45, 2.75) is 39.5 Å². The van der Waals surface area contributed by atoms with Gasteiger partial charge in [0.15, 0.2) is 0 Å². The highest BCUT2D eigenvalue weighted by Gasteiger charge is 2.22. The van der Waals surface area contributed by atoms with E-state index in [2.05, 4.69) is 51.7 Å². The molecule has 6 heteroatoms. The fourth-order valence-electron chi connectivity index (χ4n) is 1.69. The van der Waals surface area contributed by atoms with Gasteiger partial charge in [-0.15, -0.1) is 11.3 Å². The van der Waals surface area contributed by atoms with Crippen molar-refractivity contribution < 1.29 is 0 Å². The van der Waals surface area contributed by atoms with Gasteiger partial charge in [-0.3, -0.25) is 0 Å². The molecule has 102 valence electrons. The van der Waals surface area contributed by atoms with Crippen LogP contribution in [0.4, 0.5) is 0 Å². The highest BCUT2D eigenvalue weighted by Crippen LogP contribution is 2.32. The molecule has 0 aliphatic carbocycles. The Bertz CT molecular complexity index is 604. The predicted molar refractivity (Wildman–Crippen MR) is 83.1 cm³/mol. The van der Waals surface area contributed by atoms with Crippen LogP contribution in [0.5, 0.6) is 0 Å². The number of thiazole rings is 1. The Hall–Kier alpha value is -0.520. The zero-order chi connectivity index (χ0) is 14.2. The molecule has 0 saturated carbocycles. The Morgan fingerprint density at radius 1 is 1.26 bits per heavy atom. The molecular formula is C13H15BrClN3S. The van der Waals surface area contributed by atoms with Crippen LogP contribution in [0.25, 0.3) is 0 Å². The Morgan fingerprint density at radius 2 is 1.95 bits per heavy atom. The number of aromatic nitrogens is 3. The summed E-state index contributed by atoms with van der Waals surface area (Å²) in [6.07, 6.45) is 0.612. The van der Waals surface area contributed by atoms with E-state index in [9.17, 15) is 0 Å². The van der Waals surface area contributed by atoms with Crippen molar-refractivity contribution in [3.63, 3.8) is 0 Å². The molecule has 0 amide bonds. The Balaban J connectivity index is 2.39. The van der Waals surface area contributed by atoms with Gasteiger partial charge in [0.1, 0.15) is 11.0 Å². The zero-order valence-electron chi connectivity index (χ0n) is 11.3. The van der Waals surface area contributed by atoms with E-state index < -0.39 is 0 Å². The van der Waals surface area contributed by atoms with Crippen LogP contribution in [0.2, 0.25) is 5.15 Å². The number of hydrogen-bond acceptors (Lipinski definition) is 4. The summed E-state index contributed by atoms with van der Waals surface area (Å²) in [4.78, 5) is 13.4. The number of nitrogens with zero attached hydrogens (tertiary/aromatic N) is 3. The lowest BCUT2D eigenvalue weighted by Gasteiger charge is -2.20. The normalized spacial score (nSPS) is 11.9. The predicted octanol–water partition coefficient (Wildman–Crippen LogP) is 4.55. The lowest BCUT2D eigenvalue weighted by Crippen LogP contribution is -2.17. The van der Waals surface area contributed by atoms with Gasteiger partial charge in [0.25, 0.3) is 0 Å². The maximum absolute atomic E-state index is 6.18. The van der Waals surface area contributed by atoms with Gasteiger partial charge in [0, 0.05) is 10.8 Å². The van der Waals surface area contributed by atoms with Gasteiger partial charge in [-0.05, 0) is 22.9 Å². The molecular weight excluding hydrogens is 346 g/mol. The molecule has 0 aromatic carbocycles. The molecule has 0 N–H and O–H groups in total. The average Bonchev–Trinajstić information content (AvgIpc) is 2.67. The quantitative estimate of drug-likeness (QED) is 0.738. The van der Waals surface area contributed by atoms with E-state index in [1.54, 1.807) is 11.3 Å². The van der Waals surface area contributed by atoms with Crippen molar-refractivity contribution in [3.8, 4) is 0 Å². The van der Waals surface area contributed by atoms with Crippen LogP contribution in [-0.4, -0.2) is 15.0 Å². The van der Waals surface area contributed by atoms with E-state index in [-0.39, 0.29) is 5.41 Å². The lowest BCUT2D eigenvalue weighted by atomic mass is 9.92. The Morgan fingerprint density at radius 3 is 2.47 bits per heavy atom. The van der Waals surface area contributed by atoms with Crippen molar-refractivity contribution in [1.82, 2.24) is 15.0 Å². The van der Waals surface area contributed by atoms with Crippen molar-refractivity contribution >= 4 is 38.9 Å². The minimum absolute atomic E-state index is 0.0852. The second kappa shape index (κ2) is 5.46. The molecule has 2 heterocycles. The summed E-state index contributed by atoms with van der Waals surface area (Å²) in [7, 11) is 0. The van der Waals surface area contributed by atoms with E-state index in [1.807, 2.05) is 12.3 Å². The standard InChI is InChI=1S/C13H15BrClN3S/c1-7-16-8(6-19-7)5-9-17-11(13(2,3)4)10(14)12(15)18-9/h6H,5H2,1-4H3. The fraction of sp³-hybridized carbons (Fsp3) is 0.462. The van der Waals surface area contributed by atoms with E-state index in [0.29, 0.717) is 17.4 Å². The topological polar surface area (TPSA) is 38.7 Å². The molecule has 0 unspecified atom stereocenters. The van der Waals surface area contributed by atoms with E-state index in [0.717, 1.165) is 20.9 Å². The minimum atomic E-state index is -0.0852.